The number of hydrogen-bond donors (Lipinski definition) is 1. The Hall–Kier alpha value is -2.25. The Morgan fingerprint density at radius 3 is 2.30 bits per heavy atom. The standard InChI is InChI=1S/C16H18N2O4S/c1-12-3-9-15(10-4-12)23(21)17-16(11-18(19)20)13-5-7-14(22-2)8-6-13/h3-10,16-17H,11H2,1-2H3/t16-,23-/m0/s1. The molecule has 2 aromatic carbocycles. The maximum absolute atomic E-state index is 12.4. The Labute approximate surface area is 137 Å². The summed E-state index contributed by atoms with van der Waals surface area (Å²) in [5.74, 6) is 0.660. The van der Waals surface area contributed by atoms with Crippen molar-refractivity contribution in [3.8, 4) is 5.75 Å². The quantitative estimate of drug-likeness (QED) is 0.623. The van der Waals surface area contributed by atoms with Gasteiger partial charge in [-0.1, -0.05) is 29.8 Å². The van der Waals surface area contributed by atoms with Gasteiger partial charge in [-0.15, -0.1) is 0 Å². The molecule has 0 saturated carbocycles. The van der Waals surface area contributed by atoms with E-state index in [0.717, 1.165) is 5.56 Å². The summed E-state index contributed by atoms with van der Waals surface area (Å²) in [6.07, 6.45) is 0. The fourth-order valence-corrected chi connectivity index (χ4v) is 3.04. The van der Waals surface area contributed by atoms with Crippen LogP contribution in [0.2, 0.25) is 0 Å². The van der Waals surface area contributed by atoms with E-state index in [0.29, 0.717) is 16.2 Å². The molecular weight excluding hydrogens is 316 g/mol. The first-order valence-electron chi connectivity index (χ1n) is 7.00. The highest BCUT2D eigenvalue weighted by Gasteiger charge is 2.20. The zero-order chi connectivity index (χ0) is 16.8. The Bertz CT molecular complexity index is 686. The molecule has 7 heteroatoms. The number of nitro groups is 1. The molecule has 2 aromatic rings. The van der Waals surface area contributed by atoms with Crippen molar-refractivity contribution in [2.75, 3.05) is 13.7 Å². The molecule has 0 spiro atoms. The highest BCUT2D eigenvalue weighted by Crippen LogP contribution is 2.19. The maximum atomic E-state index is 12.4. The minimum absolute atomic E-state index is 0.357. The lowest BCUT2D eigenvalue weighted by Crippen LogP contribution is -2.29. The zero-order valence-electron chi connectivity index (χ0n) is 12.9. The van der Waals surface area contributed by atoms with Gasteiger partial charge in [0.2, 0.25) is 6.54 Å². The highest BCUT2D eigenvalue weighted by atomic mass is 32.2. The molecule has 0 aliphatic heterocycles. The molecule has 6 nitrogen and oxygen atoms in total. The Morgan fingerprint density at radius 1 is 1.17 bits per heavy atom. The van der Waals surface area contributed by atoms with Gasteiger partial charge in [-0.2, -0.15) is 0 Å². The number of aryl methyl sites for hydroxylation is 1. The number of rotatable bonds is 7. The van der Waals surface area contributed by atoms with Crippen molar-refractivity contribution in [1.82, 2.24) is 4.72 Å². The van der Waals surface area contributed by atoms with Crippen LogP contribution in [0.15, 0.2) is 53.4 Å². The Morgan fingerprint density at radius 2 is 1.78 bits per heavy atom. The van der Waals surface area contributed by atoms with Crippen LogP contribution in [-0.4, -0.2) is 22.8 Å². The van der Waals surface area contributed by atoms with Gasteiger partial charge in [-0.05, 0) is 36.8 Å². The summed E-state index contributed by atoms with van der Waals surface area (Å²) >= 11 is 0. The largest absolute Gasteiger partial charge is 0.497 e. The molecule has 2 atom stereocenters. The van der Waals surface area contributed by atoms with Crippen molar-refractivity contribution < 1.29 is 13.9 Å². The smallest absolute Gasteiger partial charge is 0.224 e. The molecule has 0 amide bonds. The molecule has 0 fully saturated rings. The summed E-state index contributed by atoms with van der Waals surface area (Å²) < 4.78 is 20.3. The molecule has 0 unspecified atom stereocenters. The number of hydrogen-bond acceptors (Lipinski definition) is 4. The van der Waals surface area contributed by atoms with Gasteiger partial charge >= 0.3 is 0 Å². The van der Waals surface area contributed by atoms with Crippen molar-refractivity contribution >= 4 is 11.0 Å². The average molecular weight is 334 g/mol. The third-order valence-corrected chi connectivity index (χ3v) is 4.53. The topological polar surface area (TPSA) is 81.5 Å². The molecule has 0 radical (unpaired) electrons. The molecule has 0 heterocycles. The Balaban J connectivity index is 2.18. The van der Waals surface area contributed by atoms with Gasteiger partial charge in [-0.25, -0.2) is 8.93 Å². The Kier molecular flexibility index (Phi) is 5.84. The molecule has 0 aromatic heterocycles. The second kappa shape index (κ2) is 7.85. The van der Waals surface area contributed by atoms with E-state index in [1.54, 1.807) is 43.5 Å². The normalized spacial score (nSPS) is 13.3. The van der Waals surface area contributed by atoms with E-state index in [1.807, 2.05) is 19.1 Å². The fraction of sp³-hybridized carbons (Fsp3) is 0.250. The fourth-order valence-electron chi connectivity index (χ4n) is 2.06. The van der Waals surface area contributed by atoms with E-state index in [2.05, 4.69) is 4.72 Å². The minimum atomic E-state index is -1.53. The lowest BCUT2D eigenvalue weighted by Gasteiger charge is -2.15. The predicted molar refractivity (Wildman–Crippen MR) is 88.3 cm³/mol. The first-order valence-corrected chi connectivity index (χ1v) is 8.15. The van der Waals surface area contributed by atoms with Crippen LogP contribution >= 0.6 is 0 Å². The van der Waals surface area contributed by atoms with Gasteiger partial charge in [-0.3, -0.25) is 10.1 Å². The van der Waals surface area contributed by atoms with Crippen LogP contribution < -0.4 is 9.46 Å². The van der Waals surface area contributed by atoms with E-state index < -0.39 is 22.0 Å². The van der Waals surface area contributed by atoms with Gasteiger partial charge in [0.05, 0.1) is 12.0 Å². The highest BCUT2D eigenvalue weighted by molar-refractivity contribution is 7.83. The van der Waals surface area contributed by atoms with Crippen LogP contribution in [0.25, 0.3) is 0 Å². The van der Waals surface area contributed by atoms with Gasteiger partial charge in [0.25, 0.3) is 0 Å². The van der Waals surface area contributed by atoms with Crippen LogP contribution in [0, 0.1) is 17.0 Å². The van der Waals surface area contributed by atoms with Crippen molar-refractivity contribution in [2.45, 2.75) is 17.9 Å². The molecule has 1 N–H and O–H groups in total. The first-order chi connectivity index (χ1) is 11.0. The minimum Gasteiger partial charge on any atom is -0.497 e. The SMILES string of the molecule is COc1ccc([C@H](C[N+](=O)[O-])N[S@@](=O)c2ccc(C)cc2)cc1. The van der Waals surface area contributed by atoms with E-state index in [9.17, 15) is 14.3 Å². The molecule has 0 saturated heterocycles. The summed E-state index contributed by atoms with van der Waals surface area (Å²) in [6, 6.07) is 13.4. The number of nitrogens with one attached hydrogen (secondary N) is 1. The molecule has 2 rings (SSSR count). The van der Waals surface area contributed by atoms with Crippen LogP contribution in [0.1, 0.15) is 17.2 Å². The van der Waals surface area contributed by atoms with E-state index >= 15 is 0 Å². The van der Waals surface area contributed by atoms with Crippen LogP contribution in [-0.2, 0) is 11.0 Å². The van der Waals surface area contributed by atoms with Gasteiger partial charge < -0.3 is 4.74 Å². The van der Waals surface area contributed by atoms with Crippen molar-refractivity contribution in [3.05, 3.63) is 69.8 Å². The maximum Gasteiger partial charge on any atom is 0.224 e. The van der Waals surface area contributed by atoms with Gasteiger partial charge in [0.15, 0.2) is 0 Å². The molecule has 0 aliphatic rings. The second-order valence-corrected chi connectivity index (χ2v) is 6.29. The summed E-state index contributed by atoms with van der Waals surface area (Å²) in [5, 5.41) is 10.9. The first kappa shape index (κ1) is 17.1. The third-order valence-electron chi connectivity index (χ3n) is 3.33. The molecular formula is C16H18N2O4S. The lowest BCUT2D eigenvalue weighted by molar-refractivity contribution is -0.483. The number of benzene rings is 2. The van der Waals surface area contributed by atoms with E-state index in [4.69, 9.17) is 4.74 Å². The summed E-state index contributed by atoms with van der Waals surface area (Å²) in [7, 11) is 0.0183. The van der Waals surface area contributed by atoms with Crippen LogP contribution in [0.3, 0.4) is 0 Å². The van der Waals surface area contributed by atoms with E-state index in [-0.39, 0.29) is 6.54 Å². The second-order valence-electron chi connectivity index (χ2n) is 5.04. The summed E-state index contributed by atoms with van der Waals surface area (Å²) in [6.45, 7) is 1.58. The van der Waals surface area contributed by atoms with Crippen molar-refractivity contribution in [1.29, 1.82) is 0 Å². The number of ether oxygens (including phenoxy) is 1. The van der Waals surface area contributed by atoms with E-state index in [1.165, 1.54) is 0 Å². The predicted octanol–water partition coefficient (Wildman–Crippen LogP) is 2.63. The van der Waals surface area contributed by atoms with Gasteiger partial charge in [0.1, 0.15) is 22.8 Å². The molecule has 0 bridgehead atoms. The molecule has 0 aliphatic carbocycles. The van der Waals surface area contributed by atoms with Crippen molar-refractivity contribution in [2.24, 2.45) is 0 Å². The lowest BCUT2D eigenvalue weighted by atomic mass is 10.1. The molecule has 23 heavy (non-hydrogen) atoms. The monoisotopic (exact) mass is 334 g/mol. The number of nitrogens with zero attached hydrogens (tertiary/aromatic N) is 1. The molecule has 122 valence electrons. The van der Waals surface area contributed by atoms with Gasteiger partial charge in [0, 0.05) is 4.92 Å². The average Bonchev–Trinajstić information content (AvgIpc) is 2.54. The summed E-state index contributed by atoms with van der Waals surface area (Å²) in [4.78, 5) is 11.1. The van der Waals surface area contributed by atoms with Crippen LogP contribution in [0.4, 0.5) is 0 Å². The number of methoxy groups -OCH3 is 1. The summed E-state index contributed by atoms with van der Waals surface area (Å²) in [5.41, 5.74) is 1.74. The van der Waals surface area contributed by atoms with Crippen LogP contribution in [0.5, 0.6) is 5.75 Å². The zero-order valence-corrected chi connectivity index (χ0v) is 13.7. The third kappa shape index (κ3) is 4.87. The van der Waals surface area contributed by atoms with Crippen molar-refractivity contribution in [3.63, 3.8) is 0 Å².